The van der Waals surface area contributed by atoms with Gasteiger partial charge in [0.2, 0.25) is 11.8 Å². The molecular weight excluding hydrogens is 366 g/mol. The summed E-state index contributed by atoms with van der Waals surface area (Å²) in [5.41, 5.74) is 0.545. The zero-order valence-corrected chi connectivity index (χ0v) is 17.5. The van der Waals surface area contributed by atoms with Gasteiger partial charge in [-0.1, -0.05) is 31.0 Å². The van der Waals surface area contributed by atoms with E-state index in [1.54, 1.807) is 12.1 Å². The Kier molecular flexibility index (Phi) is 7.29. The summed E-state index contributed by atoms with van der Waals surface area (Å²) in [6.07, 6.45) is 5.76. The quantitative estimate of drug-likeness (QED) is 0.772. The van der Waals surface area contributed by atoms with Crippen molar-refractivity contribution in [2.75, 3.05) is 13.1 Å². The molecule has 29 heavy (non-hydrogen) atoms. The Morgan fingerprint density at radius 3 is 2.14 bits per heavy atom. The van der Waals surface area contributed by atoms with E-state index in [0.29, 0.717) is 18.7 Å². The number of hydrogen-bond acceptors (Lipinski definition) is 3. The van der Waals surface area contributed by atoms with Gasteiger partial charge in [-0.15, -0.1) is 0 Å². The largest absolute Gasteiger partial charge is 0.352 e. The molecule has 1 saturated heterocycles. The molecule has 0 spiro atoms. The highest BCUT2D eigenvalue weighted by Gasteiger charge is 2.36. The molecule has 1 saturated carbocycles. The van der Waals surface area contributed by atoms with Crippen LogP contribution in [-0.2, 0) is 9.59 Å². The second-order valence-electron chi connectivity index (χ2n) is 8.62. The van der Waals surface area contributed by atoms with Gasteiger partial charge in [0, 0.05) is 30.6 Å². The summed E-state index contributed by atoms with van der Waals surface area (Å²) >= 11 is 0. The fraction of sp³-hybridized carbons (Fsp3) is 0.609. The summed E-state index contributed by atoms with van der Waals surface area (Å²) in [5.74, 6) is 0.0969. The molecule has 0 aromatic heterocycles. The van der Waals surface area contributed by atoms with Crippen molar-refractivity contribution >= 4 is 17.7 Å². The zero-order chi connectivity index (χ0) is 20.8. The van der Waals surface area contributed by atoms with Crippen molar-refractivity contribution in [2.45, 2.75) is 64.5 Å². The third-order valence-corrected chi connectivity index (χ3v) is 6.06. The molecule has 6 nitrogen and oxygen atoms in total. The van der Waals surface area contributed by atoms with Crippen LogP contribution in [0.4, 0.5) is 0 Å². The van der Waals surface area contributed by atoms with Crippen LogP contribution in [-0.4, -0.2) is 47.8 Å². The summed E-state index contributed by atoms with van der Waals surface area (Å²) in [7, 11) is 0. The zero-order valence-electron chi connectivity index (χ0n) is 17.5. The van der Waals surface area contributed by atoms with E-state index >= 15 is 0 Å². The van der Waals surface area contributed by atoms with Gasteiger partial charge in [0.1, 0.15) is 6.04 Å². The van der Waals surface area contributed by atoms with Crippen LogP contribution in [0.15, 0.2) is 30.3 Å². The summed E-state index contributed by atoms with van der Waals surface area (Å²) in [6.45, 7) is 5.15. The second-order valence-corrected chi connectivity index (χ2v) is 8.62. The Balaban J connectivity index is 1.64. The van der Waals surface area contributed by atoms with E-state index in [1.807, 2.05) is 36.9 Å². The highest BCUT2D eigenvalue weighted by molar-refractivity contribution is 5.97. The highest BCUT2D eigenvalue weighted by Crippen LogP contribution is 2.29. The Morgan fingerprint density at radius 2 is 1.55 bits per heavy atom. The van der Waals surface area contributed by atoms with Crippen molar-refractivity contribution < 1.29 is 14.4 Å². The van der Waals surface area contributed by atoms with Gasteiger partial charge in [-0.2, -0.15) is 0 Å². The smallest absolute Gasteiger partial charge is 0.251 e. The lowest BCUT2D eigenvalue weighted by Crippen LogP contribution is -2.55. The molecule has 3 amide bonds. The average Bonchev–Trinajstić information content (AvgIpc) is 3.26. The van der Waals surface area contributed by atoms with Crippen LogP contribution in [0.2, 0.25) is 0 Å². The van der Waals surface area contributed by atoms with Gasteiger partial charge >= 0.3 is 0 Å². The number of piperidine rings is 1. The molecule has 1 heterocycles. The first kappa shape index (κ1) is 21.3. The van der Waals surface area contributed by atoms with E-state index in [2.05, 4.69) is 10.6 Å². The van der Waals surface area contributed by atoms with Crippen molar-refractivity contribution in [3.63, 3.8) is 0 Å². The van der Waals surface area contributed by atoms with Crippen LogP contribution in [0.25, 0.3) is 0 Å². The van der Waals surface area contributed by atoms with E-state index in [4.69, 9.17) is 0 Å². The van der Waals surface area contributed by atoms with Crippen LogP contribution < -0.4 is 10.6 Å². The molecule has 0 radical (unpaired) electrons. The number of nitrogens with one attached hydrogen (secondary N) is 2. The van der Waals surface area contributed by atoms with Crippen LogP contribution in [0.3, 0.4) is 0 Å². The Hall–Kier alpha value is -2.37. The van der Waals surface area contributed by atoms with E-state index in [9.17, 15) is 14.4 Å². The molecule has 1 unspecified atom stereocenters. The standard InChI is InChI=1S/C23H33N3O3/c1-16(2)24-22(28)20(25-21(27)18-8-4-3-5-9-18)17-12-14-26(15-13-17)23(29)19-10-6-7-11-19/h3-5,8-9,16-17,19-20H,6-7,10-15H2,1-2H3,(H,24,28)(H,25,27). The maximum Gasteiger partial charge on any atom is 0.251 e. The lowest BCUT2D eigenvalue weighted by Gasteiger charge is -2.37. The van der Waals surface area contributed by atoms with Crippen molar-refractivity contribution in [2.24, 2.45) is 11.8 Å². The number of benzene rings is 1. The van der Waals surface area contributed by atoms with E-state index in [1.165, 1.54) is 0 Å². The maximum absolute atomic E-state index is 12.8. The predicted molar refractivity (Wildman–Crippen MR) is 112 cm³/mol. The molecule has 0 bridgehead atoms. The molecule has 2 fully saturated rings. The average molecular weight is 400 g/mol. The van der Waals surface area contributed by atoms with Gasteiger partial charge in [0.15, 0.2) is 0 Å². The van der Waals surface area contributed by atoms with Crippen molar-refractivity contribution in [3.8, 4) is 0 Å². The number of nitrogens with zero attached hydrogens (tertiary/aromatic N) is 1. The number of rotatable bonds is 6. The topological polar surface area (TPSA) is 78.5 Å². The molecule has 158 valence electrons. The number of hydrogen-bond donors (Lipinski definition) is 2. The van der Waals surface area contributed by atoms with Gasteiger partial charge in [-0.05, 0) is 57.6 Å². The van der Waals surface area contributed by atoms with Gasteiger partial charge in [0.05, 0.1) is 0 Å². The molecular formula is C23H33N3O3. The normalized spacial score (nSPS) is 19.2. The second kappa shape index (κ2) is 9.90. The molecule has 1 aliphatic heterocycles. The van der Waals surface area contributed by atoms with Gasteiger partial charge < -0.3 is 15.5 Å². The molecule has 2 aliphatic rings. The summed E-state index contributed by atoms with van der Waals surface area (Å²) in [4.78, 5) is 40.2. The third-order valence-electron chi connectivity index (χ3n) is 6.06. The number of likely N-dealkylation sites (tertiary alicyclic amines) is 1. The van der Waals surface area contributed by atoms with Gasteiger partial charge in [0.25, 0.3) is 5.91 Å². The minimum Gasteiger partial charge on any atom is -0.352 e. The molecule has 1 aromatic rings. The van der Waals surface area contributed by atoms with Crippen LogP contribution >= 0.6 is 0 Å². The Morgan fingerprint density at radius 1 is 0.931 bits per heavy atom. The summed E-state index contributed by atoms with van der Waals surface area (Å²) in [6, 6.07) is 8.38. The lowest BCUT2D eigenvalue weighted by molar-refractivity contribution is -0.137. The van der Waals surface area contributed by atoms with Gasteiger partial charge in [-0.25, -0.2) is 0 Å². The fourth-order valence-corrected chi connectivity index (χ4v) is 4.47. The van der Waals surface area contributed by atoms with E-state index < -0.39 is 6.04 Å². The van der Waals surface area contributed by atoms with Crippen molar-refractivity contribution in [1.82, 2.24) is 15.5 Å². The Bertz CT molecular complexity index is 705. The molecule has 6 heteroatoms. The van der Waals surface area contributed by atoms with Crippen LogP contribution in [0, 0.1) is 11.8 Å². The van der Waals surface area contributed by atoms with Crippen molar-refractivity contribution in [3.05, 3.63) is 35.9 Å². The summed E-state index contributed by atoms with van der Waals surface area (Å²) in [5, 5.41) is 5.89. The Labute approximate surface area is 173 Å². The van der Waals surface area contributed by atoms with E-state index in [0.717, 1.165) is 38.5 Å². The van der Waals surface area contributed by atoms with Crippen LogP contribution in [0.5, 0.6) is 0 Å². The molecule has 3 rings (SSSR count). The number of amides is 3. The highest BCUT2D eigenvalue weighted by atomic mass is 16.2. The summed E-state index contributed by atoms with van der Waals surface area (Å²) < 4.78 is 0. The first-order valence-electron chi connectivity index (χ1n) is 10.9. The fourth-order valence-electron chi connectivity index (χ4n) is 4.47. The lowest BCUT2D eigenvalue weighted by atomic mass is 9.87. The molecule has 1 atom stereocenters. The van der Waals surface area contributed by atoms with Crippen molar-refractivity contribution in [1.29, 1.82) is 0 Å². The predicted octanol–water partition coefficient (Wildman–Crippen LogP) is 2.74. The first-order valence-corrected chi connectivity index (χ1v) is 10.9. The first-order chi connectivity index (χ1) is 14.0. The number of carbonyl (C=O) groups is 3. The van der Waals surface area contributed by atoms with Crippen LogP contribution in [0.1, 0.15) is 62.7 Å². The van der Waals surface area contributed by atoms with E-state index in [-0.39, 0.29) is 35.6 Å². The maximum atomic E-state index is 12.8. The monoisotopic (exact) mass is 399 g/mol. The SMILES string of the molecule is CC(C)NC(=O)C(NC(=O)c1ccccc1)C1CCN(C(=O)C2CCCC2)CC1. The minimum atomic E-state index is -0.589. The molecule has 1 aliphatic carbocycles. The molecule has 1 aromatic carbocycles. The number of carbonyl (C=O) groups excluding carboxylic acids is 3. The minimum absolute atomic E-state index is 0.00246. The molecule has 2 N–H and O–H groups in total. The third kappa shape index (κ3) is 5.58. The van der Waals surface area contributed by atoms with Gasteiger partial charge in [-0.3, -0.25) is 14.4 Å².